The Hall–Kier alpha value is -0.310. The van der Waals surface area contributed by atoms with Crippen LogP contribution in [-0.4, -0.2) is 0 Å². The van der Waals surface area contributed by atoms with E-state index in [0.717, 1.165) is 6.42 Å². The Labute approximate surface area is 100 Å². The van der Waals surface area contributed by atoms with Crippen molar-refractivity contribution in [2.45, 2.75) is 25.3 Å². The van der Waals surface area contributed by atoms with Crippen molar-refractivity contribution < 1.29 is 4.39 Å². The van der Waals surface area contributed by atoms with E-state index in [-0.39, 0.29) is 24.3 Å². The molecule has 0 radical (unpaired) electrons. The minimum absolute atomic E-state index is 0. The van der Waals surface area contributed by atoms with Crippen molar-refractivity contribution in [3.05, 3.63) is 34.6 Å². The second-order valence-electron chi connectivity index (χ2n) is 3.92. The summed E-state index contributed by atoms with van der Waals surface area (Å²) >= 11 is 5.91. The van der Waals surface area contributed by atoms with Gasteiger partial charge in [0.1, 0.15) is 5.82 Å². The van der Waals surface area contributed by atoms with Gasteiger partial charge in [0.2, 0.25) is 0 Å². The van der Waals surface area contributed by atoms with E-state index in [1.807, 2.05) is 0 Å². The van der Waals surface area contributed by atoms with Crippen molar-refractivity contribution in [2.24, 2.45) is 11.7 Å². The molecule has 0 aliphatic heterocycles. The Morgan fingerprint density at radius 1 is 1.47 bits per heavy atom. The van der Waals surface area contributed by atoms with E-state index in [9.17, 15) is 4.39 Å². The lowest BCUT2D eigenvalue weighted by atomic mass is 10.0. The van der Waals surface area contributed by atoms with Gasteiger partial charge in [-0.2, -0.15) is 0 Å². The third-order valence-corrected chi connectivity index (χ3v) is 2.98. The smallest absolute Gasteiger partial charge is 0.129 e. The zero-order valence-electron chi connectivity index (χ0n) is 8.25. The lowest BCUT2D eigenvalue weighted by molar-refractivity contribution is 0.543. The molecule has 1 aromatic carbocycles. The number of hydrogen-bond donors (Lipinski definition) is 1. The van der Waals surface area contributed by atoms with E-state index in [1.54, 1.807) is 12.1 Å². The van der Waals surface area contributed by atoms with Gasteiger partial charge < -0.3 is 5.73 Å². The summed E-state index contributed by atoms with van der Waals surface area (Å²) in [5.74, 6) is 0.395. The third kappa shape index (κ3) is 3.07. The molecule has 1 saturated carbocycles. The molecule has 1 aromatic rings. The van der Waals surface area contributed by atoms with Crippen LogP contribution in [0.5, 0.6) is 0 Å². The number of benzene rings is 1. The first-order valence-electron chi connectivity index (χ1n) is 4.88. The van der Waals surface area contributed by atoms with Gasteiger partial charge >= 0.3 is 0 Å². The van der Waals surface area contributed by atoms with E-state index >= 15 is 0 Å². The van der Waals surface area contributed by atoms with Crippen LogP contribution in [0.2, 0.25) is 5.02 Å². The molecule has 1 aliphatic carbocycles. The van der Waals surface area contributed by atoms with E-state index < -0.39 is 0 Å². The Kier molecular flexibility index (Phi) is 4.38. The van der Waals surface area contributed by atoms with Gasteiger partial charge in [-0.05, 0) is 24.5 Å². The number of rotatable bonds is 3. The largest absolute Gasteiger partial charge is 0.324 e. The molecule has 0 spiro atoms. The second-order valence-corrected chi connectivity index (χ2v) is 4.33. The van der Waals surface area contributed by atoms with Gasteiger partial charge in [0, 0.05) is 16.6 Å². The summed E-state index contributed by atoms with van der Waals surface area (Å²) in [7, 11) is 0. The van der Waals surface area contributed by atoms with Crippen molar-refractivity contribution in [3.63, 3.8) is 0 Å². The van der Waals surface area contributed by atoms with Crippen LogP contribution in [0.15, 0.2) is 18.2 Å². The monoisotopic (exact) mass is 249 g/mol. The first-order valence-corrected chi connectivity index (χ1v) is 5.25. The van der Waals surface area contributed by atoms with Gasteiger partial charge in [0.25, 0.3) is 0 Å². The molecular formula is C11H14Cl2FN. The maximum Gasteiger partial charge on any atom is 0.129 e. The van der Waals surface area contributed by atoms with E-state index in [0.29, 0.717) is 16.5 Å². The summed E-state index contributed by atoms with van der Waals surface area (Å²) in [5, 5.41) is 0.443. The molecule has 1 atom stereocenters. The molecular weight excluding hydrogens is 236 g/mol. The van der Waals surface area contributed by atoms with Gasteiger partial charge in [-0.3, -0.25) is 0 Å². The predicted octanol–water partition coefficient (Wildman–Crippen LogP) is 3.70. The summed E-state index contributed by atoms with van der Waals surface area (Å²) in [6, 6.07) is 4.45. The normalized spacial score (nSPS) is 17.0. The van der Waals surface area contributed by atoms with E-state index in [4.69, 9.17) is 17.3 Å². The fraction of sp³-hybridized carbons (Fsp3) is 0.455. The number of nitrogens with two attached hydrogens (primary N) is 1. The second kappa shape index (κ2) is 5.15. The minimum Gasteiger partial charge on any atom is -0.324 e. The van der Waals surface area contributed by atoms with Crippen molar-refractivity contribution in [1.82, 2.24) is 0 Å². The molecule has 4 heteroatoms. The van der Waals surface area contributed by atoms with E-state index in [1.165, 1.54) is 18.9 Å². The van der Waals surface area contributed by atoms with Crippen LogP contribution in [0, 0.1) is 11.7 Å². The molecule has 0 unspecified atom stereocenters. The minimum atomic E-state index is -0.286. The lowest BCUT2D eigenvalue weighted by Crippen LogP contribution is -2.13. The van der Waals surface area contributed by atoms with Crippen LogP contribution in [0.1, 0.15) is 30.9 Å². The summed E-state index contributed by atoms with van der Waals surface area (Å²) in [5.41, 5.74) is 6.39. The molecule has 84 valence electrons. The molecule has 0 heterocycles. The Morgan fingerprint density at radius 2 is 2.13 bits per heavy atom. The van der Waals surface area contributed by atoms with Gasteiger partial charge in [0.05, 0.1) is 0 Å². The highest BCUT2D eigenvalue weighted by atomic mass is 35.5. The average Bonchev–Trinajstić information content (AvgIpc) is 2.87. The maximum atomic E-state index is 13.4. The van der Waals surface area contributed by atoms with E-state index in [2.05, 4.69) is 0 Å². The van der Waals surface area contributed by atoms with Crippen molar-refractivity contribution in [3.8, 4) is 0 Å². The highest BCUT2D eigenvalue weighted by Gasteiger charge is 2.26. The van der Waals surface area contributed by atoms with Gasteiger partial charge in [-0.25, -0.2) is 4.39 Å². The molecule has 0 bridgehead atoms. The molecule has 1 aliphatic rings. The Bertz CT molecular complexity index is 319. The first-order chi connectivity index (χ1) is 6.68. The zero-order valence-corrected chi connectivity index (χ0v) is 9.82. The molecule has 0 amide bonds. The van der Waals surface area contributed by atoms with Gasteiger partial charge in [0.15, 0.2) is 0 Å². The van der Waals surface area contributed by atoms with Crippen molar-refractivity contribution >= 4 is 24.0 Å². The van der Waals surface area contributed by atoms with Crippen LogP contribution in [-0.2, 0) is 0 Å². The van der Waals surface area contributed by atoms with Gasteiger partial charge in [-0.1, -0.05) is 30.5 Å². The zero-order chi connectivity index (χ0) is 10.1. The highest BCUT2D eigenvalue weighted by Crippen LogP contribution is 2.38. The standard InChI is InChI=1S/C11H13ClFN.ClH/c12-8-2-1-3-9(13)11(8)10(14)6-7-4-5-7;/h1-3,7,10H,4-6,14H2;1H/t10-;/m0./s1. The first kappa shape index (κ1) is 12.8. The summed E-state index contributed by atoms with van der Waals surface area (Å²) in [4.78, 5) is 0. The Balaban J connectivity index is 0.00000112. The lowest BCUT2D eigenvalue weighted by Gasteiger charge is -2.13. The topological polar surface area (TPSA) is 26.0 Å². The van der Waals surface area contributed by atoms with Crippen LogP contribution in [0.25, 0.3) is 0 Å². The molecule has 2 N–H and O–H groups in total. The molecule has 15 heavy (non-hydrogen) atoms. The molecule has 0 saturated heterocycles. The Morgan fingerprint density at radius 3 is 2.67 bits per heavy atom. The summed E-state index contributed by atoms with van der Waals surface area (Å²) in [6.45, 7) is 0. The van der Waals surface area contributed by atoms with Crippen LogP contribution < -0.4 is 5.73 Å². The summed E-state index contributed by atoms with van der Waals surface area (Å²) < 4.78 is 13.4. The van der Waals surface area contributed by atoms with Crippen LogP contribution in [0.4, 0.5) is 4.39 Å². The van der Waals surface area contributed by atoms with Crippen molar-refractivity contribution in [1.29, 1.82) is 0 Å². The molecule has 1 fully saturated rings. The van der Waals surface area contributed by atoms with Crippen molar-refractivity contribution in [2.75, 3.05) is 0 Å². The quantitative estimate of drug-likeness (QED) is 0.869. The predicted molar refractivity (Wildman–Crippen MR) is 62.9 cm³/mol. The SMILES string of the molecule is Cl.N[C@@H](CC1CC1)c1c(F)cccc1Cl. The fourth-order valence-electron chi connectivity index (χ4n) is 1.70. The fourth-order valence-corrected chi connectivity index (χ4v) is 2.00. The number of hydrogen-bond acceptors (Lipinski definition) is 1. The summed E-state index contributed by atoms with van der Waals surface area (Å²) in [6.07, 6.45) is 3.29. The molecule has 1 nitrogen and oxygen atoms in total. The highest BCUT2D eigenvalue weighted by molar-refractivity contribution is 6.31. The van der Waals surface area contributed by atoms with Crippen LogP contribution >= 0.6 is 24.0 Å². The molecule has 2 rings (SSSR count). The number of halogens is 3. The van der Waals surface area contributed by atoms with Gasteiger partial charge in [-0.15, -0.1) is 12.4 Å². The maximum absolute atomic E-state index is 13.4. The third-order valence-electron chi connectivity index (χ3n) is 2.65. The molecule has 0 aromatic heterocycles. The average molecular weight is 250 g/mol. The van der Waals surface area contributed by atoms with Crippen LogP contribution in [0.3, 0.4) is 0 Å².